The van der Waals surface area contributed by atoms with Crippen molar-refractivity contribution in [2.45, 2.75) is 54.6 Å². The van der Waals surface area contributed by atoms with Gasteiger partial charge in [-0.3, -0.25) is 9.59 Å². The summed E-state index contributed by atoms with van der Waals surface area (Å²) in [6.45, 7) is 4.38. The van der Waals surface area contributed by atoms with Crippen LogP contribution in [0.5, 0.6) is 0 Å². The fourth-order valence-electron chi connectivity index (χ4n) is 3.38. The van der Waals surface area contributed by atoms with Crippen molar-refractivity contribution in [2.24, 2.45) is 11.8 Å². The van der Waals surface area contributed by atoms with Gasteiger partial charge in [0.25, 0.3) is 0 Å². The van der Waals surface area contributed by atoms with Crippen LogP contribution in [-0.4, -0.2) is 56.0 Å². The van der Waals surface area contributed by atoms with Gasteiger partial charge in [0.15, 0.2) is 0 Å². The minimum atomic E-state index is -0.556. The zero-order chi connectivity index (χ0) is 17.7. The molecule has 136 valence electrons. The molecule has 2 saturated carbocycles. The number of allylic oxidation sites excluding steroid dienone is 1. The van der Waals surface area contributed by atoms with Gasteiger partial charge < -0.3 is 15.3 Å². The molecule has 0 bridgehead atoms. The summed E-state index contributed by atoms with van der Waals surface area (Å²) in [6, 6.07) is 0.257. The molecule has 2 aliphatic rings. The molecule has 2 N–H and O–H groups in total. The van der Waals surface area contributed by atoms with Crippen molar-refractivity contribution < 1.29 is 14.7 Å². The number of carbonyl (C=O) groups excluding carboxylic acids is 2. The lowest BCUT2D eigenvalue weighted by molar-refractivity contribution is -0.139. The highest BCUT2D eigenvalue weighted by Gasteiger charge is 2.45. The maximum atomic E-state index is 12.7. The molecule has 2 amide bonds. The van der Waals surface area contributed by atoms with Crippen LogP contribution in [0.2, 0.25) is 0 Å². The molecule has 6 heteroatoms. The van der Waals surface area contributed by atoms with Gasteiger partial charge in [-0.05, 0) is 38.5 Å². The van der Waals surface area contributed by atoms with Crippen LogP contribution in [0.4, 0.5) is 0 Å². The average molecular weight is 448 g/mol. The first kappa shape index (κ1) is 19.6. The van der Waals surface area contributed by atoms with E-state index in [0.717, 1.165) is 25.7 Å². The number of carbonyl (C=O) groups is 2. The SMILES string of the molecule is C=CCCCCN(C)C(=O)[C@@H]1C[C@@H](O)C[C@H]1C(=O)NC1C[C@H]1I=C. The Morgan fingerprint density at radius 2 is 2.00 bits per heavy atom. The van der Waals surface area contributed by atoms with E-state index in [2.05, 4.69) is 16.4 Å². The number of hydrogen-bond acceptors (Lipinski definition) is 3. The highest BCUT2D eigenvalue weighted by molar-refractivity contribution is 14.2. The smallest absolute Gasteiger partial charge is 0.226 e. The monoisotopic (exact) mass is 448 g/mol. The fraction of sp³-hybridized carbons (Fsp3) is 0.722. The molecular weight excluding hydrogens is 419 g/mol. The minimum Gasteiger partial charge on any atom is -0.393 e. The third kappa shape index (κ3) is 5.12. The number of rotatable bonds is 9. The van der Waals surface area contributed by atoms with Gasteiger partial charge >= 0.3 is 0 Å². The second-order valence-electron chi connectivity index (χ2n) is 6.90. The summed E-state index contributed by atoms with van der Waals surface area (Å²) >= 11 is -0.0771. The van der Waals surface area contributed by atoms with E-state index in [1.54, 1.807) is 11.9 Å². The molecule has 0 spiro atoms. The summed E-state index contributed by atoms with van der Waals surface area (Å²) in [4.78, 5) is 26.9. The zero-order valence-corrected chi connectivity index (χ0v) is 16.6. The lowest BCUT2D eigenvalue weighted by Gasteiger charge is -2.24. The van der Waals surface area contributed by atoms with Crippen LogP contribution in [0.3, 0.4) is 0 Å². The highest BCUT2D eigenvalue weighted by Crippen LogP contribution is 2.37. The number of halogens is 1. The molecule has 2 aliphatic carbocycles. The maximum Gasteiger partial charge on any atom is 0.226 e. The van der Waals surface area contributed by atoms with Gasteiger partial charge in [-0.1, -0.05) is 10.6 Å². The zero-order valence-electron chi connectivity index (χ0n) is 14.4. The van der Waals surface area contributed by atoms with Crippen LogP contribution in [0.25, 0.3) is 0 Å². The van der Waals surface area contributed by atoms with E-state index in [0.29, 0.717) is 23.3 Å². The number of nitrogens with one attached hydrogen (secondary N) is 1. The van der Waals surface area contributed by atoms with Crippen molar-refractivity contribution in [1.82, 2.24) is 10.2 Å². The van der Waals surface area contributed by atoms with E-state index in [1.807, 2.05) is 6.08 Å². The van der Waals surface area contributed by atoms with Crippen molar-refractivity contribution in [3.8, 4) is 0 Å². The second-order valence-corrected chi connectivity index (χ2v) is 9.38. The van der Waals surface area contributed by atoms with E-state index < -0.39 is 17.9 Å². The van der Waals surface area contributed by atoms with E-state index in [4.69, 9.17) is 0 Å². The number of nitrogens with zero attached hydrogens (tertiary/aromatic N) is 1. The first-order chi connectivity index (χ1) is 11.5. The quantitative estimate of drug-likeness (QED) is 0.245. The first-order valence-electron chi connectivity index (χ1n) is 8.69. The average Bonchev–Trinajstić information content (AvgIpc) is 3.20. The van der Waals surface area contributed by atoms with Gasteiger partial charge in [0.05, 0.1) is 17.9 Å². The van der Waals surface area contributed by atoms with Gasteiger partial charge in [0.2, 0.25) is 11.8 Å². The lowest BCUT2D eigenvalue weighted by Crippen LogP contribution is -2.41. The maximum absolute atomic E-state index is 12.7. The largest absolute Gasteiger partial charge is 0.393 e. The van der Waals surface area contributed by atoms with Crippen LogP contribution in [0.15, 0.2) is 12.7 Å². The Hall–Kier alpha value is -0.760. The van der Waals surface area contributed by atoms with E-state index in [9.17, 15) is 14.7 Å². The standard InChI is InChI=1S/C18H29IN2O3/c1-4-5-6-7-8-21(3)18(24)14-10-12(22)9-13(14)17(23)20-16-11-15(16)19-2/h4,12-16,22H,1-2,5-11H2,3H3,(H,20,23)/t12-,13+,14+,15+,16?/m0/s1. The van der Waals surface area contributed by atoms with Crippen LogP contribution in [0, 0.1) is 11.8 Å². The van der Waals surface area contributed by atoms with Crippen molar-refractivity contribution in [3.63, 3.8) is 0 Å². The molecular formula is C18H29IN2O3. The molecule has 0 aromatic heterocycles. The normalized spacial score (nSPS) is 31.5. The topological polar surface area (TPSA) is 69.6 Å². The van der Waals surface area contributed by atoms with Crippen molar-refractivity contribution in [2.75, 3.05) is 13.6 Å². The van der Waals surface area contributed by atoms with E-state index in [-0.39, 0.29) is 38.6 Å². The molecule has 0 aromatic rings. The minimum absolute atomic E-state index is 0.0118. The fourth-order valence-corrected chi connectivity index (χ4v) is 5.08. The number of alkyl halides is 1. The molecule has 5 nitrogen and oxygen atoms in total. The van der Waals surface area contributed by atoms with E-state index >= 15 is 0 Å². The lowest BCUT2D eigenvalue weighted by atomic mass is 9.93. The summed E-state index contributed by atoms with van der Waals surface area (Å²) in [5.41, 5.74) is 0. The van der Waals surface area contributed by atoms with Crippen molar-refractivity contribution in [1.29, 1.82) is 0 Å². The molecule has 2 fully saturated rings. The number of aliphatic hydroxyl groups excluding tert-OH is 1. The molecule has 0 aliphatic heterocycles. The van der Waals surface area contributed by atoms with Gasteiger partial charge in [-0.25, -0.2) is 0 Å². The summed E-state index contributed by atoms with van der Waals surface area (Å²) in [6.07, 6.45) is 6.03. The van der Waals surface area contributed by atoms with Gasteiger partial charge in [-0.15, -0.1) is 27.3 Å². The number of aliphatic hydroxyl groups is 1. The number of unbranched alkanes of at least 4 members (excludes halogenated alkanes) is 2. The molecule has 0 heterocycles. The Morgan fingerprint density at radius 3 is 2.62 bits per heavy atom. The van der Waals surface area contributed by atoms with Crippen LogP contribution in [-0.2, 0) is 9.59 Å². The molecule has 5 atom stereocenters. The molecule has 0 aromatic carbocycles. The first-order valence-corrected chi connectivity index (χ1v) is 11.5. The van der Waals surface area contributed by atoms with Gasteiger partial charge in [0.1, 0.15) is 0 Å². The summed E-state index contributed by atoms with van der Waals surface area (Å²) < 4.78 is 4.56. The van der Waals surface area contributed by atoms with E-state index in [1.165, 1.54) is 0 Å². The molecule has 1 unspecified atom stereocenters. The Bertz CT molecular complexity index is 497. The predicted molar refractivity (Wildman–Crippen MR) is 105 cm³/mol. The van der Waals surface area contributed by atoms with Crippen LogP contribution in [0.1, 0.15) is 38.5 Å². The van der Waals surface area contributed by atoms with Gasteiger partial charge in [0, 0.05) is 23.6 Å². The molecule has 0 saturated heterocycles. The molecule has 0 radical (unpaired) electrons. The third-order valence-electron chi connectivity index (χ3n) is 4.96. The van der Waals surface area contributed by atoms with Gasteiger partial charge in [-0.2, -0.15) is 0 Å². The number of amides is 2. The van der Waals surface area contributed by atoms with Crippen LogP contribution >= 0.6 is 20.7 Å². The van der Waals surface area contributed by atoms with Crippen molar-refractivity contribution >= 4 is 37.1 Å². The third-order valence-corrected chi connectivity index (χ3v) is 7.47. The Balaban J connectivity index is 1.88. The Labute approximate surface area is 154 Å². The molecule has 2 rings (SSSR count). The highest BCUT2D eigenvalue weighted by atomic mass is 127. The Morgan fingerprint density at radius 1 is 1.29 bits per heavy atom. The summed E-state index contributed by atoms with van der Waals surface area (Å²) in [5.74, 6) is -0.861. The molecule has 24 heavy (non-hydrogen) atoms. The number of hydrogen-bond donors (Lipinski definition) is 2. The summed E-state index contributed by atoms with van der Waals surface area (Å²) in [7, 11) is 1.79. The Kier molecular flexibility index (Phi) is 7.40. The summed E-state index contributed by atoms with van der Waals surface area (Å²) in [5, 5.41) is 13.0. The predicted octanol–water partition coefficient (Wildman–Crippen LogP) is 1.85. The van der Waals surface area contributed by atoms with Crippen molar-refractivity contribution in [3.05, 3.63) is 12.7 Å². The van der Waals surface area contributed by atoms with Crippen LogP contribution < -0.4 is 5.32 Å². The second kappa shape index (κ2) is 9.08.